The molecule has 1 aromatic carbocycles. The average Bonchev–Trinajstić information content (AvgIpc) is 2.35. The third-order valence-corrected chi connectivity index (χ3v) is 2.95. The van der Waals surface area contributed by atoms with Gasteiger partial charge in [-0.05, 0) is 31.0 Å². The molecule has 1 aromatic heterocycles. The molecular weight excluding hydrogens is 264 g/mol. The van der Waals surface area contributed by atoms with Crippen molar-refractivity contribution in [3.05, 3.63) is 46.4 Å². The van der Waals surface area contributed by atoms with Crippen molar-refractivity contribution in [2.75, 3.05) is 7.11 Å². The fourth-order valence-electron chi connectivity index (χ4n) is 1.64. The first-order valence-electron chi connectivity index (χ1n) is 5.86. The minimum atomic E-state index is 0.295. The van der Waals surface area contributed by atoms with Crippen LogP contribution in [-0.4, -0.2) is 17.1 Å². The molecule has 19 heavy (non-hydrogen) atoms. The summed E-state index contributed by atoms with van der Waals surface area (Å²) in [5.41, 5.74) is 2.24. The lowest BCUT2D eigenvalue weighted by molar-refractivity contribution is 0.177. The number of ether oxygens (including phenoxy) is 2. The van der Waals surface area contributed by atoms with Crippen LogP contribution in [0.1, 0.15) is 17.0 Å². The van der Waals surface area contributed by atoms with Crippen molar-refractivity contribution in [1.29, 1.82) is 0 Å². The number of halogens is 1. The number of rotatable bonds is 4. The van der Waals surface area contributed by atoms with E-state index >= 15 is 0 Å². The number of aromatic nitrogens is 2. The van der Waals surface area contributed by atoms with Gasteiger partial charge in [0.25, 0.3) is 0 Å². The van der Waals surface area contributed by atoms with Gasteiger partial charge in [0.1, 0.15) is 17.5 Å². The third-order valence-electron chi connectivity index (χ3n) is 2.76. The number of hydrogen-bond donors (Lipinski definition) is 0. The molecule has 0 aliphatic rings. The average molecular weight is 279 g/mol. The molecule has 0 radical (unpaired) electrons. The van der Waals surface area contributed by atoms with Gasteiger partial charge in [-0.15, -0.1) is 0 Å². The van der Waals surface area contributed by atoms with Gasteiger partial charge < -0.3 is 9.47 Å². The molecule has 2 aromatic rings. The van der Waals surface area contributed by atoms with Crippen LogP contribution in [-0.2, 0) is 11.3 Å². The Kier molecular flexibility index (Phi) is 4.35. The molecule has 0 aliphatic carbocycles. The Morgan fingerprint density at radius 3 is 2.74 bits per heavy atom. The van der Waals surface area contributed by atoms with Gasteiger partial charge in [-0.3, -0.25) is 0 Å². The highest BCUT2D eigenvalue weighted by Crippen LogP contribution is 2.26. The standard InChI is InChI=1S/C14H15ClN2O2/c1-9-5-4-6-11(10(9)2)19-14-7-12(15)16-13(17-14)8-18-3/h4-7H,8H2,1-3H3. The Bertz CT molecular complexity index is 588. The summed E-state index contributed by atoms with van der Waals surface area (Å²) in [5.74, 6) is 1.68. The number of methoxy groups -OCH3 is 1. The number of aryl methyl sites for hydroxylation is 1. The van der Waals surface area contributed by atoms with Crippen molar-refractivity contribution in [1.82, 2.24) is 9.97 Å². The molecule has 1 heterocycles. The predicted octanol–water partition coefficient (Wildman–Crippen LogP) is 3.69. The normalized spacial score (nSPS) is 10.5. The Morgan fingerprint density at radius 2 is 2.00 bits per heavy atom. The van der Waals surface area contributed by atoms with Crippen molar-refractivity contribution < 1.29 is 9.47 Å². The van der Waals surface area contributed by atoms with Crippen LogP contribution < -0.4 is 4.74 Å². The van der Waals surface area contributed by atoms with E-state index < -0.39 is 0 Å². The number of benzene rings is 1. The molecule has 100 valence electrons. The van der Waals surface area contributed by atoms with E-state index in [2.05, 4.69) is 9.97 Å². The summed E-state index contributed by atoms with van der Waals surface area (Å²) >= 11 is 5.94. The molecule has 0 aliphatic heterocycles. The van der Waals surface area contributed by atoms with Gasteiger partial charge in [0.15, 0.2) is 5.82 Å². The minimum absolute atomic E-state index is 0.295. The van der Waals surface area contributed by atoms with E-state index in [-0.39, 0.29) is 0 Å². The summed E-state index contributed by atoms with van der Waals surface area (Å²) in [7, 11) is 1.58. The van der Waals surface area contributed by atoms with Crippen LogP contribution in [0.25, 0.3) is 0 Å². The van der Waals surface area contributed by atoms with Crippen molar-refractivity contribution in [2.24, 2.45) is 0 Å². The summed E-state index contributed by atoms with van der Waals surface area (Å²) in [6, 6.07) is 7.46. The molecule has 0 N–H and O–H groups in total. The van der Waals surface area contributed by atoms with Crippen LogP contribution in [0.3, 0.4) is 0 Å². The second kappa shape index (κ2) is 5.99. The maximum atomic E-state index is 5.94. The summed E-state index contributed by atoms with van der Waals surface area (Å²) in [6.07, 6.45) is 0. The zero-order valence-electron chi connectivity index (χ0n) is 11.1. The van der Waals surface area contributed by atoms with E-state index in [1.807, 2.05) is 32.0 Å². The van der Waals surface area contributed by atoms with E-state index in [1.165, 1.54) is 0 Å². The first-order chi connectivity index (χ1) is 9.10. The van der Waals surface area contributed by atoms with Gasteiger partial charge >= 0.3 is 0 Å². The van der Waals surface area contributed by atoms with Crippen molar-refractivity contribution in [3.8, 4) is 11.6 Å². The van der Waals surface area contributed by atoms with Gasteiger partial charge in [0.05, 0.1) is 0 Å². The quantitative estimate of drug-likeness (QED) is 0.800. The van der Waals surface area contributed by atoms with Crippen LogP contribution in [0.15, 0.2) is 24.3 Å². The Balaban J connectivity index is 2.30. The van der Waals surface area contributed by atoms with Gasteiger partial charge in [0.2, 0.25) is 5.88 Å². The van der Waals surface area contributed by atoms with E-state index in [4.69, 9.17) is 21.1 Å². The Hall–Kier alpha value is -1.65. The van der Waals surface area contributed by atoms with E-state index in [1.54, 1.807) is 13.2 Å². The smallest absolute Gasteiger partial charge is 0.224 e. The largest absolute Gasteiger partial charge is 0.439 e. The van der Waals surface area contributed by atoms with E-state index in [0.29, 0.717) is 23.5 Å². The molecule has 0 amide bonds. The molecule has 0 unspecified atom stereocenters. The molecule has 2 rings (SSSR count). The molecule has 0 saturated carbocycles. The monoisotopic (exact) mass is 278 g/mol. The van der Waals surface area contributed by atoms with Crippen LogP contribution in [0.4, 0.5) is 0 Å². The van der Waals surface area contributed by atoms with Gasteiger partial charge in [-0.2, -0.15) is 4.98 Å². The summed E-state index contributed by atoms with van der Waals surface area (Å²) < 4.78 is 10.8. The fraction of sp³-hybridized carbons (Fsp3) is 0.286. The highest BCUT2D eigenvalue weighted by atomic mass is 35.5. The molecule has 0 bridgehead atoms. The predicted molar refractivity (Wildman–Crippen MR) is 73.7 cm³/mol. The zero-order chi connectivity index (χ0) is 13.8. The summed E-state index contributed by atoms with van der Waals surface area (Å²) in [5, 5.41) is 0.336. The minimum Gasteiger partial charge on any atom is -0.439 e. The highest BCUT2D eigenvalue weighted by Gasteiger charge is 2.08. The zero-order valence-corrected chi connectivity index (χ0v) is 11.9. The molecule has 0 spiro atoms. The van der Waals surface area contributed by atoms with Crippen LogP contribution in [0.5, 0.6) is 11.6 Å². The fourth-order valence-corrected chi connectivity index (χ4v) is 1.83. The maximum Gasteiger partial charge on any atom is 0.224 e. The second-order valence-electron chi connectivity index (χ2n) is 4.18. The molecular formula is C14H15ClN2O2. The Morgan fingerprint density at radius 1 is 1.21 bits per heavy atom. The molecule has 0 saturated heterocycles. The molecule has 0 fully saturated rings. The van der Waals surface area contributed by atoms with Crippen molar-refractivity contribution in [2.45, 2.75) is 20.5 Å². The highest BCUT2D eigenvalue weighted by molar-refractivity contribution is 6.29. The molecule has 4 nitrogen and oxygen atoms in total. The van der Waals surface area contributed by atoms with Gasteiger partial charge in [-0.25, -0.2) is 4.98 Å². The lowest BCUT2D eigenvalue weighted by atomic mass is 10.1. The summed E-state index contributed by atoms with van der Waals surface area (Å²) in [6.45, 7) is 4.33. The first kappa shape index (κ1) is 13.8. The lowest BCUT2D eigenvalue weighted by Crippen LogP contribution is -2.00. The Labute approximate surface area is 117 Å². The van der Waals surface area contributed by atoms with Crippen LogP contribution in [0, 0.1) is 13.8 Å². The third kappa shape index (κ3) is 3.43. The SMILES string of the molecule is COCc1nc(Cl)cc(Oc2cccc(C)c2C)n1. The summed E-state index contributed by atoms with van der Waals surface area (Å²) in [4.78, 5) is 8.30. The molecule has 0 atom stereocenters. The van der Waals surface area contributed by atoms with Crippen LogP contribution >= 0.6 is 11.6 Å². The maximum absolute atomic E-state index is 5.94. The van der Waals surface area contributed by atoms with Gasteiger partial charge in [0, 0.05) is 13.2 Å². The molecule has 5 heteroatoms. The van der Waals surface area contributed by atoms with E-state index in [9.17, 15) is 0 Å². The van der Waals surface area contributed by atoms with Gasteiger partial charge in [-0.1, -0.05) is 23.7 Å². The topological polar surface area (TPSA) is 44.2 Å². The first-order valence-corrected chi connectivity index (χ1v) is 6.24. The lowest BCUT2D eigenvalue weighted by Gasteiger charge is -2.10. The van der Waals surface area contributed by atoms with Crippen LogP contribution in [0.2, 0.25) is 5.15 Å². The number of hydrogen-bond acceptors (Lipinski definition) is 4. The second-order valence-corrected chi connectivity index (χ2v) is 4.57. The number of nitrogens with zero attached hydrogens (tertiary/aromatic N) is 2. The van der Waals surface area contributed by atoms with E-state index in [0.717, 1.165) is 16.9 Å². The van der Waals surface area contributed by atoms with Crippen molar-refractivity contribution in [3.63, 3.8) is 0 Å². The van der Waals surface area contributed by atoms with Crippen molar-refractivity contribution >= 4 is 11.6 Å².